The van der Waals surface area contributed by atoms with Crippen LogP contribution in [0.1, 0.15) is 21.9 Å². The molecule has 0 amide bonds. The second-order valence-corrected chi connectivity index (χ2v) is 20.0. The molecule has 366 valence electrons. The van der Waals surface area contributed by atoms with E-state index in [2.05, 4.69) is 94.7 Å². The van der Waals surface area contributed by atoms with Gasteiger partial charge in [0.25, 0.3) is 6.71 Å². The number of aromatic nitrogens is 2. The van der Waals surface area contributed by atoms with Gasteiger partial charge in [-0.2, -0.15) is 0 Å². The van der Waals surface area contributed by atoms with Crippen LogP contribution < -0.4 is 26.2 Å². The Morgan fingerprint density at radius 3 is 1.10 bits per heavy atom. The van der Waals surface area contributed by atoms with Crippen LogP contribution in [0.25, 0.3) is 98.8 Å². The lowest BCUT2D eigenvalue weighted by Gasteiger charge is -2.45. The van der Waals surface area contributed by atoms with Crippen LogP contribution in [-0.4, -0.2) is 15.8 Å². The summed E-state index contributed by atoms with van der Waals surface area (Å²) in [4.78, 5) is 4.49. The van der Waals surface area contributed by atoms with E-state index in [-0.39, 0.29) is 43.6 Å². The van der Waals surface area contributed by atoms with Crippen molar-refractivity contribution in [2.75, 3.05) is 9.80 Å². The molecule has 0 unspecified atom stereocenters. The van der Waals surface area contributed by atoms with Crippen molar-refractivity contribution in [1.29, 1.82) is 0 Å². The van der Waals surface area contributed by atoms with E-state index in [4.69, 9.17) is 11.0 Å². The van der Waals surface area contributed by atoms with Gasteiger partial charge in [-0.1, -0.05) is 224 Å². The molecule has 0 bridgehead atoms. The minimum Gasteiger partial charge on any atom is -0.310 e. The minimum atomic E-state index is -0.660. The molecule has 0 saturated carbocycles. The highest BCUT2D eigenvalue weighted by Gasteiger charge is 2.45. The van der Waals surface area contributed by atoms with Crippen molar-refractivity contribution < 1.29 is 21.9 Å². The molecule has 0 N–H and O–H groups in total. The highest BCUT2D eigenvalue weighted by atomic mass is 15.2. The molecule has 15 aromatic rings. The van der Waals surface area contributed by atoms with E-state index in [0.29, 0.717) is 22.7 Å². The van der Waals surface area contributed by atoms with Crippen molar-refractivity contribution in [3.63, 3.8) is 0 Å². The van der Waals surface area contributed by atoms with Gasteiger partial charge in [-0.15, -0.1) is 0 Å². The normalized spacial score (nSPS) is 15.6. The molecule has 5 heteroatoms. The summed E-state index contributed by atoms with van der Waals surface area (Å²) in [7, 11) is 0. The van der Waals surface area contributed by atoms with E-state index in [1.54, 1.807) is 0 Å². The van der Waals surface area contributed by atoms with Gasteiger partial charge in [-0.25, -0.2) is 0 Å². The number of hydrogen-bond acceptors (Lipinski definition) is 2. The number of anilines is 6. The maximum absolute atomic E-state index is 9.58. The molecule has 4 nitrogen and oxygen atoms in total. The number of para-hydroxylation sites is 4. The first-order valence-corrected chi connectivity index (χ1v) is 26.1. The van der Waals surface area contributed by atoms with Crippen LogP contribution in [0.5, 0.6) is 0 Å². The molecule has 2 aromatic heterocycles. The van der Waals surface area contributed by atoms with Crippen LogP contribution in [0.3, 0.4) is 0 Å². The zero-order valence-corrected chi connectivity index (χ0v) is 41.8. The smallest absolute Gasteiger partial charge is 0.252 e. The average molecular weight is 1020 g/mol. The van der Waals surface area contributed by atoms with E-state index >= 15 is 0 Å². The summed E-state index contributed by atoms with van der Waals surface area (Å²) in [6, 6.07) is 54.5. The monoisotopic (exact) mass is 1020 g/mol. The van der Waals surface area contributed by atoms with Crippen molar-refractivity contribution in [3.05, 3.63) is 285 Å². The third kappa shape index (κ3) is 6.39. The first kappa shape index (κ1) is 31.0. The Morgan fingerprint density at radius 2 is 0.684 bits per heavy atom. The van der Waals surface area contributed by atoms with Gasteiger partial charge in [0.05, 0.1) is 55.4 Å². The molecular weight excluding hydrogens is 956 g/mol. The topological polar surface area (TPSA) is 16.3 Å². The van der Waals surface area contributed by atoms with Gasteiger partial charge < -0.3 is 18.9 Å². The van der Waals surface area contributed by atoms with Crippen LogP contribution in [-0.2, 0) is 0 Å². The zero-order valence-electron chi connectivity index (χ0n) is 57.8. The van der Waals surface area contributed by atoms with Gasteiger partial charge in [0, 0.05) is 77.6 Å². The molecule has 0 atom stereocenters. The summed E-state index contributed by atoms with van der Waals surface area (Å²) >= 11 is 0. The number of benzene rings is 13. The Morgan fingerprint density at radius 1 is 0.304 bits per heavy atom. The molecule has 13 aromatic carbocycles. The summed E-state index contributed by atoms with van der Waals surface area (Å²) in [6.45, 7) is -0.660. The zero-order chi connectivity index (χ0) is 65.6. The second kappa shape index (κ2) is 17.1. The summed E-state index contributed by atoms with van der Waals surface area (Å²) in [5, 5.41) is 3.42. The van der Waals surface area contributed by atoms with Crippen molar-refractivity contribution in [2.24, 2.45) is 0 Å². The summed E-state index contributed by atoms with van der Waals surface area (Å²) in [5.74, 6) is 0. The van der Waals surface area contributed by atoms with Crippen LogP contribution in [0, 0.1) is 0 Å². The molecular formula is C74H47BN4. The predicted octanol–water partition coefficient (Wildman–Crippen LogP) is 17.6. The number of rotatable bonds is 6. The fourth-order valence-corrected chi connectivity index (χ4v) is 12.7. The molecule has 0 fully saturated rings. The van der Waals surface area contributed by atoms with E-state index in [0.717, 1.165) is 82.9 Å². The molecule has 0 spiro atoms. The van der Waals surface area contributed by atoms with E-state index < -0.39 is 103 Å². The van der Waals surface area contributed by atoms with Crippen molar-refractivity contribution in [1.82, 2.24) is 9.13 Å². The number of nitrogens with zero attached hydrogens (tertiary/aromatic N) is 4. The third-order valence-corrected chi connectivity index (χ3v) is 16.0. The van der Waals surface area contributed by atoms with Crippen molar-refractivity contribution in [2.45, 2.75) is 0 Å². The lowest BCUT2D eigenvalue weighted by atomic mass is 9.33. The lowest BCUT2D eigenvalue weighted by molar-refractivity contribution is 1.17. The minimum absolute atomic E-state index is 0.0339. The van der Waals surface area contributed by atoms with E-state index in [1.807, 2.05) is 103 Å². The van der Waals surface area contributed by atoms with Gasteiger partial charge in [0.2, 0.25) is 0 Å². The lowest BCUT2D eigenvalue weighted by Crippen LogP contribution is -2.61. The van der Waals surface area contributed by atoms with Crippen LogP contribution in [0.4, 0.5) is 34.1 Å². The average Bonchev–Trinajstić information content (AvgIpc) is 1.07. The van der Waals surface area contributed by atoms with Gasteiger partial charge in [-0.3, -0.25) is 0 Å². The SMILES string of the molecule is [2H]c1c([2H])c([2H])c2c(c1[2H])c1c([2H])c([2H])c([2H])c([2H])c1n2-c1ccc2c(c1)N(c1c(-c3ccccc3)ccc3ccccc13)c1cccc3c1B2c1ccc(-n2c4c([2H])c([2H])c([2H])c([2H])c4c4c([2H])c([2H])c([2H])c([2H])c42)cc1N3c1c(-c2ccccc2)ccc2ccccc12. The van der Waals surface area contributed by atoms with Crippen molar-refractivity contribution >= 4 is 122 Å². The van der Waals surface area contributed by atoms with Crippen LogP contribution in [0.15, 0.2) is 285 Å². The van der Waals surface area contributed by atoms with Gasteiger partial charge in [-0.05, 0) is 98.9 Å². The summed E-state index contributed by atoms with van der Waals surface area (Å²) in [6.07, 6.45) is 0. The summed E-state index contributed by atoms with van der Waals surface area (Å²) in [5.41, 5.74) is 10.9. The Bertz CT molecular complexity index is 5460. The fraction of sp³-hybridized carbons (Fsp3) is 0. The molecule has 2 aliphatic rings. The number of fused-ring (bicyclic) bond motifs is 12. The second-order valence-electron chi connectivity index (χ2n) is 20.0. The fourth-order valence-electron chi connectivity index (χ4n) is 12.7. The summed E-state index contributed by atoms with van der Waals surface area (Å²) < 4.78 is 150. The van der Waals surface area contributed by atoms with Crippen LogP contribution >= 0.6 is 0 Å². The molecule has 0 aliphatic carbocycles. The van der Waals surface area contributed by atoms with Gasteiger partial charge in [0.15, 0.2) is 0 Å². The molecule has 0 saturated heterocycles. The quantitative estimate of drug-likeness (QED) is 0.154. The van der Waals surface area contributed by atoms with Crippen LogP contribution in [0.2, 0.25) is 0 Å². The molecule has 0 radical (unpaired) electrons. The number of hydrogen-bond donors (Lipinski definition) is 0. The Balaban J connectivity index is 1.05. The standard InChI is InChI=1S/C74H47BN4/c1-3-20-48(21-4-1)56-42-38-50-24-7-9-26-54(50)73(56)78-68-36-19-37-69-72(68)75(62-44-40-52(46-70(62)78)76-64-32-15-11-28-58(64)59-29-12-16-33-65(59)76)63-45-41-53(77-66-34-17-13-30-60(66)61-31-14-18-35-67(61)77)47-71(63)79(69)74-55-27-10-8-25-51(55)39-43-57(74)49-22-5-2-6-23-49/h1-47H/i11D,12D,13D,14D,15D,16D,17D,18D,28D,29D,30D,31D,32D,33D,34D,35D. The third-order valence-electron chi connectivity index (χ3n) is 16.0. The first-order chi connectivity index (χ1) is 45.9. The molecule has 17 rings (SSSR count). The van der Waals surface area contributed by atoms with Crippen molar-refractivity contribution in [3.8, 4) is 33.6 Å². The molecule has 2 aliphatic heterocycles. The highest BCUT2D eigenvalue weighted by Crippen LogP contribution is 2.52. The van der Waals surface area contributed by atoms with E-state index in [1.165, 1.54) is 9.13 Å². The highest BCUT2D eigenvalue weighted by molar-refractivity contribution is 7.00. The Kier molecular flexibility index (Phi) is 6.70. The predicted molar refractivity (Wildman–Crippen MR) is 335 cm³/mol. The Hall–Kier alpha value is -10.4. The van der Waals surface area contributed by atoms with Gasteiger partial charge in [0.1, 0.15) is 0 Å². The van der Waals surface area contributed by atoms with E-state index in [9.17, 15) is 11.0 Å². The maximum atomic E-state index is 9.58. The van der Waals surface area contributed by atoms with Gasteiger partial charge >= 0.3 is 0 Å². The maximum Gasteiger partial charge on any atom is 0.252 e. The largest absolute Gasteiger partial charge is 0.310 e. The first-order valence-electron chi connectivity index (χ1n) is 34.1. The molecule has 79 heavy (non-hydrogen) atoms. The molecule has 4 heterocycles. The Labute approximate surface area is 480 Å².